The predicted molar refractivity (Wildman–Crippen MR) is 116 cm³/mol. The SMILES string of the molecule is C=CCN(CC=C)C(=O)COc1ccc2c(=O)c(Oc3ccccc3)c(C)oc2c1. The number of fused-ring (bicyclic) bond motifs is 1. The minimum Gasteiger partial charge on any atom is -0.484 e. The molecule has 0 bridgehead atoms. The van der Waals surface area contributed by atoms with Crippen LogP contribution in [0, 0.1) is 6.92 Å². The lowest BCUT2D eigenvalue weighted by Crippen LogP contribution is -2.35. The molecule has 0 unspecified atom stereocenters. The molecule has 3 rings (SSSR count). The molecule has 6 nitrogen and oxygen atoms in total. The van der Waals surface area contributed by atoms with Gasteiger partial charge in [0.05, 0.1) is 5.39 Å². The summed E-state index contributed by atoms with van der Waals surface area (Å²) in [5.74, 6) is 1.27. The van der Waals surface area contributed by atoms with Gasteiger partial charge in [-0.2, -0.15) is 0 Å². The number of aryl methyl sites for hydroxylation is 1. The lowest BCUT2D eigenvalue weighted by molar-refractivity contribution is -0.132. The molecule has 30 heavy (non-hydrogen) atoms. The van der Waals surface area contributed by atoms with E-state index in [4.69, 9.17) is 13.9 Å². The molecule has 0 N–H and O–H groups in total. The van der Waals surface area contributed by atoms with E-state index in [2.05, 4.69) is 13.2 Å². The molecule has 0 aliphatic carbocycles. The largest absolute Gasteiger partial charge is 0.484 e. The van der Waals surface area contributed by atoms with Gasteiger partial charge in [-0.1, -0.05) is 30.4 Å². The Kier molecular flexibility index (Phi) is 6.70. The topological polar surface area (TPSA) is 69.0 Å². The highest BCUT2D eigenvalue weighted by Gasteiger charge is 2.16. The molecule has 3 aromatic rings. The fourth-order valence-electron chi connectivity index (χ4n) is 2.91. The number of para-hydroxylation sites is 1. The molecule has 0 fully saturated rings. The smallest absolute Gasteiger partial charge is 0.261 e. The van der Waals surface area contributed by atoms with E-state index in [-0.39, 0.29) is 23.7 Å². The molecule has 154 valence electrons. The van der Waals surface area contributed by atoms with Crippen molar-refractivity contribution in [3.05, 3.63) is 89.8 Å². The number of hydrogen-bond acceptors (Lipinski definition) is 5. The average molecular weight is 405 g/mol. The van der Waals surface area contributed by atoms with Crippen molar-refractivity contribution in [2.45, 2.75) is 6.92 Å². The number of carbonyl (C=O) groups is 1. The van der Waals surface area contributed by atoms with Crippen molar-refractivity contribution >= 4 is 16.9 Å². The van der Waals surface area contributed by atoms with Crippen molar-refractivity contribution in [1.29, 1.82) is 0 Å². The summed E-state index contributed by atoms with van der Waals surface area (Å²) < 4.78 is 17.1. The van der Waals surface area contributed by atoms with E-state index in [1.165, 1.54) is 0 Å². The lowest BCUT2D eigenvalue weighted by atomic mass is 10.2. The zero-order valence-electron chi connectivity index (χ0n) is 16.8. The van der Waals surface area contributed by atoms with Gasteiger partial charge in [-0.25, -0.2) is 0 Å². The van der Waals surface area contributed by atoms with Gasteiger partial charge in [0.25, 0.3) is 5.91 Å². The maximum absolute atomic E-state index is 12.9. The van der Waals surface area contributed by atoms with Crippen LogP contribution in [-0.4, -0.2) is 30.5 Å². The van der Waals surface area contributed by atoms with Crippen LogP contribution in [0.1, 0.15) is 5.76 Å². The number of carbonyl (C=O) groups excluding carboxylic acids is 1. The maximum Gasteiger partial charge on any atom is 0.261 e. The maximum atomic E-state index is 12.9. The molecular weight excluding hydrogens is 382 g/mol. The Hall–Kier alpha value is -3.80. The van der Waals surface area contributed by atoms with Crippen LogP contribution in [0.3, 0.4) is 0 Å². The van der Waals surface area contributed by atoms with Crippen molar-refractivity contribution in [2.75, 3.05) is 19.7 Å². The van der Waals surface area contributed by atoms with Crippen molar-refractivity contribution in [3.8, 4) is 17.2 Å². The van der Waals surface area contributed by atoms with Crippen LogP contribution in [-0.2, 0) is 4.79 Å². The van der Waals surface area contributed by atoms with Gasteiger partial charge in [0.2, 0.25) is 11.2 Å². The molecule has 0 radical (unpaired) electrons. The monoisotopic (exact) mass is 405 g/mol. The third-order valence-electron chi connectivity index (χ3n) is 4.36. The van der Waals surface area contributed by atoms with Gasteiger partial charge in [-0.15, -0.1) is 13.2 Å². The van der Waals surface area contributed by atoms with Crippen LogP contribution >= 0.6 is 0 Å². The second-order valence-corrected chi connectivity index (χ2v) is 6.55. The fourth-order valence-corrected chi connectivity index (χ4v) is 2.91. The van der Waals surface area contributed by atoms with Crippen LogP contribution < -0.4 is 14.9 Å². The van der Waals surface area contributed by atoms with E-state index >= 15 is 0 Å². The highest BCUT2D eigenvalue weighted by molar-refractivity contribution is 5.80. The van der Waals surface area contributed by atoms with Gasteiger partial charge < -0.3 is 18.8 Å². The molecule has 0 aliphatic heterocycles. The van der Waals surface area contributed by atoms with Gasteiger partial charge in [0, 0.05) is 19.2 Å². The lowest BCUT2D eigenvalue weighted by Gasteiger charge is -2.19. The average Bonchev–Trinajstić information content (AvgIpc) is 2.75. The molecule has 1 amide bonds. The molecule has 1 heterocycles. The molecule has 0 atom stereocenters. The molecule has 6 heteroatoms. The van der Waals surface area contributed by atoms with Crippen LogP contribution in [0.15, 0.2) is 83.1 Å². The first-order chi connectivity index (χ1) is 14.5. The number of nitrogens with zero attached hydrogens (tertiary/aromatic N) is 1. The summed E-state index contributed by atoms with van der Waals surface area (Å²) in [5, 5.41) is 0.366. The van der Waals surface area contributed by atoms with Crippen molar-refractivity contribution in [3.63, 3.8) is 0 Å². The van der Waals surface area contributed by atoms with E-state index in [1.807, 2.05) is 18.2 Å². The normalized spacial score (nSPS) is 10.4. The molecule has 1 aromatic heterocycles. The van der Waals surface area contributed by atoms with E-state index in [9.17, 15) is 9.59 Å². The molecular formula is C24H23NO5. The summed E-state index contributed by atoms with van der Waals surface area (Å²) in [6, 6.07) is 13.9. The highest BCUT2D eigenvalue weighted by Crippen LogP contribution is 2.27. The van der Waals surface area contributed by atoms with Gasteiger partial charge in [-0.05, 0) is 31.2 Å². The molecule has 0 saturated carbocycles. The van der Waals surface area contributed by atoms with Gasteiger partial charge >= 0.3 is 0 Å². The first-order valence-corrected chi connectivity index (χ1v) is 9.46. The standard InChI is InChI=1S/C24H23NO5/c1-4-13-25(14-5-2)22(26)16-28-19-11-12-20-21(15-19)29-17(3)24(23(20)27)30-18-9-7-6-8-10-18/h4-12,15H,1-2,13-14,16H2,3H3. The number of amides is 1. The molecule has 0 aliphatic rings. The Morgan fingerprint density at radius 3 is 2.43 bits per heavy atom. The van der Waals surface area contributed by atoms with E-state index in [0.717, 1.165) is 0 Å². The van der Waals surface area contributed by atoms with Gasteiger partial charge in [0.15, 0.2) is 6.61 Å². The van der Waals surface area contributed by atoms with E-state index < -0.39 is 0 Å². The number of hydrogen-bond donors (Lipinski definition) is 0. The minimum absolute atomic E-state index is 0.141. The number of rotatable bonds is 9. The van der Waals surface area contributed by atoms with Crippen LogP contribution in [0.4, 0.5) is 0 Å². The second-order valence-electron chi connectivity index (χ2n) is 6.55. The Morgan fingerprint density at radius 2 is 1.77 bits per heavy atom. The summed E-state index contributed by atoms with van der Waals surface area (Å²) in [6.07, 6.45) is 3.29. The zero-order valence-corrected chi connectivity index (χ0v) is 16.8. The third-order valence-corrected chi connectivity index (χ3v) is 4.36. The Balaban J connectivity index is 1.80. The highest BCUT2D eigenvalue weighted by atomic mass is 16.5. The predicted octanol–water partition coefficient (Wildman–Crippen LogP) is 4.47. The van der Waals surface area contributed by atoms with E-state index in [1.54, 1.807) is 54.3 Å². The second kappa shape index (κ2) is 9.60. The van der Waals surface area contributed by atoms with Gasteiger partial charge in [-0.3, -0.25) is 9.59 Å². The van der Waals surface area contributed by atoms with Crippen molar-refractivity contribution in [1.82, 2.24) is 4.90 Å². The van der Waals surface area contributed by atoms with Crippen LogP contribution in [0.25, 0.3) is 11.0 Å². The first kappa shape index (κ1) is 20.9. The van der Waals surface area contributed by atoms with E-state index in [0.29, 0.717) is 41.3 Å². The van der Waals surface area contributed by atoms with Crippen molar-refractivity contribution < 1.29 is 18.7 Å². The third kappa shape index (κ3) is 4.78. The quantitative estimate of drug-likeness (QED) is 0.491. The van der Waals surface area contributed by atoms with Crippen molar-refractivity contribution in [2.24, 2.45) is 0 Å². The Morgan fingerprint density at radius 1 is 1.07 bits per heavy atom. The molecule has 0 saturated heterocycles. The number of ether oxygens (including phenoxy) is 2. The first-order valence-electron chi connectivity index (χ1n) is 9.46. The minimum atomic E-state index is -0.275. The summed E-state index contributed by atoms with van der Waals surface area (Å²) >= 11 is 0. The zero-order chi connectivity index (χ0) is 21.5. The fraction of sp³-hybridized carbons (Fsp3) is 0.167. The summed E-state index contributed by atoms with van der Waals surface area (Å²) in [7, 11) is 0. The van der Waals surface area contributed by atoms with Crippen LogP contribution in [0.5, 0.6) is 17.2 Å². The Labute approximate surface area is 174 Å². The molecule has 2 aromatic carbocycles. The summed E-state index contributed by atoms with van der Waals surface area (Å²) in [6.45, 7) is 9.62. The molecule has 0 spiro atoms. The Bertz CT molecular complexity index is 1110. The van der Waals surface area contributed by atoms with Gasteiger partial charge in [0.1, 0.15) is 22.8 Å². The summed E-state index contributed by atoms with van der Waals surface area (Å²) in [5.41, 5.74) is 0.0836. The van der Waals surface area contributed by atoms with Crippen LogP contribution in [0.2, 0.25) is 0 Å². The number of benzene rings is 2. The summed E-state index contributed by atoms with van der Waals surface area (Å²) in [4.78, 5) is 26.7.